The Morgan fingerprint density at radius 1 is 0.878 bits per heavy atom. The highest BCUT2D eigenvalue weighted by Crippen LogP contribution is 2.52. The number of carbonyl (C=O) groups excluding carboxylic acids is 1. The smallest absolute Gasteiger partial charge is 0.356 e. The van der Waals surface area contributed by atoms with E-state index in [1.807, 2.05) is 0 Å². The van der Waals surface area contributed by atoms with Crippen LogP contribution in [0, 0.1) is 0 Å². The second-order valence-electron chi connectivity index (χ2n) is 12.2. The van der Waals surface area contributed by atoms with Crippen LogP contribution in [-0.4, -0.2) is 186 Å². The van der Waals surface area contributed by atoms with Crippen molar-refractivity contribution in [3.05, 3.63) is 0 Å². The predicted molar refractivity (Wildman–Crippen MR) is 165 cm³/mol. The van der Waals surface area contributed by atoms with Gasteiger partial charge >= 0.3 is 7.60 Å². The molecule has 0 aromatic heterocycles. The number of carbonyl (C=O) groups is 1. The monoisotopic (exact) mass is 759 g/mol. The Kier molecular flexibility index (Phi) is 17.1. The molecule has 0 aromatic rings. The lowest BCUT2D eigenvalue weighted by Gasteiger charge is -2.49. The van der Waals surface area contributed by atoms with Gasteiger partial charge in [-0.25, -0.2) is 0 Å². The van der Waals surface area contributed by atoms with Crippen LogP contribution in [0.5, 0.6) is 0 Å². The third kappa shape index (κ3) is 10.9. The molecule has 24 heteroatoms. The standard InChI is InChI=1S/C22H43N5O13.C3H7O4P.ClH/c23-2-1-8(29)20(36)27-7-3-6(25)18(39-22-16(34)15(33)13(31)9(4-24)37-22)17(35)19(7)40-21-14(32)11(26)12(30)10(5-28)38-21;1-2-3(7-2)8(4,5)6;/h6-19,21-22,28-35H,1-5,23-26H2,(H,27,36);2-3H,1H3,(H2,4,5,6);1H/t6-,7+,8-,9+,10+,11-,12+,13+,14+,15-,16+,17-,18+,19-,21+,22+;2-,3+;/m00./s1. The van der Waals surface area contributed by atoms with Crippen molar-refractivity contribution in [1.82, 2.24) is 5.32 Å². The third-order valence-electron chi connectivity index (χ3n) is 8.52. The summed E-state index contributed by atoms with van der Waals surface area (Å²) in [6.45, 7) is 0.730. The summed E-state index contributed by atoms with van der Waals surface area (Å²) in [4.78, 5) is 29.2. The largest absolute Gasteiger partial charge is 0.394 e. The molecule has 4 aliphatic rings. The summed E-state index contributed by atoms with van der Waals surface area (Å²) in [7, 11) is -3.90. The molecule has 3 saturated heterocycles. The maximum absolute atomic E-state index is 12.6. The number of rotatable bonds is 11. The molecule has 3 aliphatic heterocycles. The fourth-order valence-corrected chi connectivity index (χ4v) is 6.49. The molecule has 0 bridgehead atoms. The first-order chi connectivity index (χ1) is 22.4. The quantitative estimate of drug-likeness (QED) is 0.0687. The van der Waals surface area contributed by atoms with Crippen LogP contribution in [0.15, 0.2) is 0 Å². The van der Waals surface area contributed by atoms with Crippen molar-refractivity contribution in [2.45, 2.75) is 130 Å². The second-order valence-corrected chi connectivity index (χ2v) is 13.8. The van der Waals surface area contributed by atoms with Gasteiger partial charge < -0.3 is 103 Å². The summed E-state index contributed by atoms with van der Waals surface area (Å²) in [5, 5.41) is 84.9. The third-order valence-corrected chi connectivity index (χ3v) is 9.72. The molecule has 0 radical (unpaired) electrons. The summed E-state index contributed by atoms with van der Waals surface area (Å²) in [5.41, 5.74) is 23.1. The van der Waals surface area contributed by atoms with Crippen LogP contribution in [0.2, 0.25) is 0 Å². The summed E-state index contributed by atoms with van der Waals surface area (Å²) in [6, 6.07) is -3.45. The molecule has 3 heterocycles. The van der Waals surface area contributed by atoms with E-state index in [9.17, 15) is 50.2 Å². The molecule has 290 valence electrons. The summed E-state index contributed by atoms with van der Waals surface area (Å²) < 4.78 is 37.2. The normalized spacial score (nSPS) is 44.5. The first kappa shape index (κ1) is 44.4. The zero-order valence-electron chi connectivity index (χ0n) is 26.4. The maximum Gasteiger partial charge on any atom is 0.356 e. The number of nitrogens with one attached hydrogen (secondary N) is 1. The molecule has 49 heavy (non-hydrogen) atoms. The molecule has 0 aromatic carbocycles. The minimum absolute atomic E-state index is 0. The van der Waals surface area contributed by atoms with Gasteiger partial charge in [-0.2, -0.15) is 0 Å². The number of hydrogen-bond acceptors (Lipinski definition) is 19. The zero-order chi connectivity index (χ0) is 36.2. The molecule has 1 amide bonds. The van der Waals surface area contributed by atoms with Gasteiger partial charge in [-0.15, -0.1) is 12.4 Å². The predicted octanol–water partition coefficient (Wildman–Crippen LogP) is -8.09. The molecule has 19 N–H and O–H groups in total. The van der Waals surface area contributed by atoms with E-state index >= 15 is 0 Å². The van der Waals surface area contributed by atoms with E-state index in [1.165, 1.54) is 0 Å². The molecule has 4 rings (SSSR count). The van der Waals surface area contributed by atoms with Gasteiger partial charge in [0.05, 0.1) is 24.8 Å². The fourth-order valence-electron chi connectivity index (χ4n) is 5.59. The topological polar surface area (TPSA) is 402 Å². The van der Waals surface area contributed by atoms with E-state index in [0.717, 1.165) is 0 Å². The lowest BCUT2D eigenvalue weighted by molar-refractivity contribution is -0.332. The van der Waals surface area contributed by atoms with Gasteiger partial charge in [0.2, 0.25) is 5.91 Å². The van der Waals surface area contributed by atoms with E-state index in [2.05, 4.69) is 10.1 Å². The molecule has 0 unspecified atom stereocenters. The summed E-state index contributed by atoms with van der Waals surface area (Å²) in [6.07, 6.45) is -20.1. The number of ether oxygens (including phenoxy) is 5. The van der Waals surface area contributed by atoms with Gasteiger partial charge in [0.1, 0.15) is 67.1 Å². The number of aliphatic hydroxyl groups is 8. The number of nitrogens with two attached hydrogens (primary N) is 4. The van der Waals surface area contributed by atoms with Crippen LogP contribution in [-0.2, 0) is 33.0 Å². The Morgan fingerprint density at radius 3 is 1.92 bits per heavy atom. The van der Waals surface area contributed by atoms with E-state index in [0.29, 0.717) is 0 Å². The van der Waals surface area contributed by atoms with Gasteiger partial charge in [0.25, 0.3) is 0 Å². The Balaban J connectivity index is 0.000000810. The molecule has 1 aliphatic carbocycles. The molecular formula is C25H51ClN5O17P. The zero-order valence-corrected chi connectivity index (χ0v) is 28.1. The van der Waals surface area contributed by atoms with Gasteiger partial charge in [-0.1, -0.05) is 0 Å². The highest BCUT2D eigenvalue weighted by atomic mass is 35.5. The average molecular weight is 760 g/mol. The number of halogens is 1. The van der Waals surface area contributed by atoms with Crippen molar-refractivity contribution in [3.8, 4) is 0 Å². The lowest BCUT2D eigenvalue weighted by atomic mass is 9.83. The van der Waals surface area contributed by atoms with E-state index in [-0.39, 0.29) is 44.4 Å². The number of epoxide rings is 1. The van der Waals surface area contributed by atoms with Crippen molar-refractivity contribution < 1.29 is 83.7 Å². The van der Waals surface area contributed by atoms with Gasteiger partial charge in [0, 0.05) is 12.6 Å². The van der Waals surface area contributed by atoms with E-state index < -0.39 is 124 Å². The molecule has 4 fully saturated rings. The Hall–Kier alpha value is -0.770. The van der Waals surface area contributed by atoms with Crippen LogP contribution < -0.4 is 28.3 Å². The van der Waals surface area contributed by atoms with Crippen molar-refractivity contribution in [1.29, 1.82) is 0 Å². The van der Waals surface area contributed by atoms with E-state index in [1.54, 1.807) is 6.92 Å². The SMILES string of the molecule is C[C@@H]1O[C@@H]1P(=O)(O)O.Cl.NCC[C@H](O)C(=O)N[C@@H]1C[C@H](N)[C@@H](O[C@H]2O[C@H](CN)[C@@H](O)[C@H](O)[C@H]2O)[C@H](O)[C@H]1O[C@H]1O[C@H](CO)[C@@H](O)[C@H](N)[C@H]1O. The Bertz CT molecular complexity index is 1080. The van der Waals surface area contributed by atoms with Crippen molar-refractivity contribution in [3.63, 3.8) is 0 Å². The molecule has 0 spiro atoms. The molecule has 22 nitrogen and oxygen atoms in total. The maximum atomic E-state index is 12.6. The van der Waals surface area contributed by atoms with Gasteiger partial charge in [-0.05, 0) is 26.3 Å². The summed E-state index contributed by atoms with van der Waals surface area (Å²) in [5.74, 6) is -1.66. The van der Waals surface area contributed by atoms with Crippen LogP contribution in [0.3, 0.4) is 0 Å². The number of amides is 1. The minimum atomic E-state index is -3.90. The van der Waals surface area contributed by atoms with Crippen LogP contribution in [0.25, 0.3) is 0 Å². The Labute approximate surface area is 287 Å². The average Bonchev–Trinajstić information content (AvgIpc) is 3.78. The second kappa shape index (κ2) is 18.8. The van der Waals surface area contributed by atoms with Gasteiger partial charge in [-0.3, -0.25) is 9.36 Å². The molecular weight excluding hydrogens is 709 g/mol. The van der Waals surface area contributed by atoms with E-state index in [4.69, 9.17) is 51.7 Å². The van der Waals surface area contributed by atoms with Crippen molar-refractivity contribution in [2.24, 2.45) is 22.9 Å². The van der Waals surface area contributed by atoms with Crippen molar-refractivity contribution >= 4 is 25.9 Å². The fraction of sp³-hybridized carbons (Fsp3) is 0.960. The number of hydrogen-bond donors (Lipinski definition) is 15. The highest BCUT2D eigenvalue weighted by molar-refractivity contribution is 7.52. The summed E-state index contributed by atoms with van der Waals surface area (Å²) >= 11 is 0. The highest BCUT2D eigenvalue weighted by Gasteiger charge is 2.53. The Morgan fingerprint density at radius 2 is 1.43 bits per heavy atom. The van der Waals surface area contributed by atoms with Crippen LogP contribution in [0.1, 0.15) is 19.8 Å². The lowest BCUT2D eigenvalue weighted by Crippen LogP contribution is -2.69. The first-order valence-electron chi connectivity index (χ1n) is 15.3. The minimum Gasteiger partial charge on any atom is -0.394 e. The molecule has 1 saturated carbocycles. The van der Waals surface area contributed by atoms with Crippen molar-refractivity contribution in [2.75, 3.05) is 19.7 Å². The molecule has 18 atom stereocenters. The van der Waals surface area contributed by atoms with Gasteiger partial charge in [0.15, 0.2) is 18.4 Å². The number of aliphatic hydroxyl groups excluding tert-OH is 8. The first-order valence-corrected chi connectivity index (χ1v) is 17.0. The van der Waals surface area contributed by atoms with Crippen LogP contribution in [0.4, 0.5) is 0 Å². The van der Waals surface area contributed by atoms with Crippen LogP contribution >= 0.6 is 20.0 Å².